The Morgan fingerprint density at radius 3 is 2.52 bits per heavy atom. The third kappa shape index (κ3) is 8.84. The molecule has 3 N–H and O–H groups in total. The summed E-state index contributed by atoms with van der Waals surface area (Å²) in [6.45, 7) is 1.25. The Bertz CT molecular complexity index is 499. The molecule has 0 atom stereocenters. The highest BCUT2D eigenvalue weighted by molar-refractivity contribution is 7.89. The second-order valence-corrected chi connectivity index (χ2v) is 5.56. The number of rotatable bonds is 8. The predicted molar refractivity (Wildman–Crippen MR) is 85.5 cm³/mol. The van der Waals surface area contributed by atoms with E-state index in [9.17, 15) is 13.2 Å². The van der Waals surface area contributed by atoms with Gasteiger partial charge in [-0.05, 0) is 19.2 Å². The van der Waals surface area contributed by atoms with Crippen molar-refractivity contribution in [2.75, 3.05) is 26.7 Å². The molecular weight excluding hydrogens is 339 g/mol. The van der Waals surface area contributed by atoms with Crippen molar-refractivity contribution < 1.29 is 13.2 Å². The molecule has 1 aromatic heterocycles. The lowest BCUT2D eigenvalue weighted by atomic mass is 10.4. The molecule has 1 heterocycles. The lowest BCUT2D eigenvalue weighted by Crippen LogP contribution is -2.33. The van der Waals surface area contributed by atoms with Crippen LogP contribution >= 0.6 is 24.8 Å². The van der Waals surface area contributed by atoms with Crippen LogP contribution in [0.2, 0.25) is 0 Å². The van der Waals surface area contributed by atoms with Gasteiger partial charge >= 0.3 is 0 Å². The molecule has 0 aromatic carbocycles. The Balaban J connectivity index is 0. The molecule has 1 amide bonds. The number of likely N-dealkylation sites (N-methyl/N-ethyl adjacent to an activating group) is 1. The van der Waals surface area contributed by atoms with E-state index in [0.717, 1.165) is 0 Å². The zero-order valence-electron chi connectivity index (χ0n) is 11.5. The highest BCUT2D eigenvalue weighted by atomic mass is 35.5. The van der Waals surface area contributed by atoms with Crippen molar-refractivity contribution in [1.82, 2.24) is 20.3 Å². The lowest BCUT2D eigenvalue weighted by molar-refractivity contribution is -0.120. The van der Waals surface area contributed by atoms with E-state index in [2.05, 4.69) is 20.3 Å². The van der Waals surface area contributed by atoms with E-state index in [1.807, 2.05) is 0 Å². The molecule has 0 aliphatic carbocycles. The molecule has 21 heavy (non-hydrogen) atoms. The van der Waals surface area contributed by atoms with E-state index < -0.39 is 10.0 Å². The van der Waals surface area contributed by atoms with Gasteiger partial charge in [0.15, 0.2) is 0 Å². The maximum atomic E-state index is 11.8. The van der Waals surface area contributed by atoms with Gasteiger partial charge in [0, 0.05) is 38.4 Å². The van der Waals surface area contributed by atoms with Crippen LogP contribution in [0.15, 0.2) is 29.4 Å². The van der Waals surface area contributed by atoms with Crippen molar-refractivity contribution >= 4 is 40.7 Å². The number of carbonyl (C=O) groups excluding carboxylic acids is 1. The highest BCUT2D eigenvalue weighted by Gasteiger charge is 2.13. The zero-order valence-corrected chi connectivity index (χ0v) is 14.0. The number of nitrogens with one attached hydrogen (secondary N) is 3. The monoisotopic (exact) mass is 358 g/mol. The molecule has 0 bridgehead atoms. The number of hydrogen-bond acceptors (Lipinski definition) is 5. The Morgan fingerprint density at radius 2 is 1.95 bits per heavy atom. The van der Waals surface area contributed by atoms with Gasteiger partial charge in [0.25, 0.3) is 0 Å². The largest absolute Gasteiger partial charge is 0.355 e. The average Bonchev–Trinajstić information content (AvgIpc) is 2.40. The molecule has 0 aliphatic rings. The van der Waals surface area contributed by atoms with E-state index in [1.165, 1.54) is 18.5 Å². The Kier molecular flexibility index (Phi) is 12.5. The molecule has 10 heteroatoms. The van der Waals surface area contributed by atoms with Gasteiger partial charge in [-0.2, -0.15) is 0 Å². The topological polar surface area (TPSA) is 100 Å². The molecule has 0 unspecified atom stereocenters. The molecule has 0 saturated heterocycles. The first kappa shape index (κ1) is 22.4. The molecule has 1 aromatic rings. The fourth-order valence-electron chi connectivity index (χ4n) is 1.30. The van der Waals surface area contributed by atoms with Crippen molar-refractivity contribution in [3.8, 4) is 0 Å². The van der Waals surface area contributed by atoms with Crippen LogP contribution in [0.25, 0.3) is 0 Å². The van der Waals surface area contributed by atoms with Crippen molar-refractivity contribution in [2.24, 2.45) is 0 Å². The van der Waals surface area contributed by atoms with Crippen molar-refractivity contribution in [3.05, 3.63) is 24.5 Å². The maximum absolute atomic E-state index is 11.8. The first-order valence-electron chi connectivity index (χ1n) is 5.87. The van der Waals surface area contributed by atoms with Gasteiger partial charge in [-0.25, -0.2) is 13.1 Å². The molecule has 0 fully saturated rings. The summed E-state index contributed by atoms with van der Waals surface area (Å²) in [6, 6.07) is 2.99. The normalized spacial score (nSPS) is 10.1. The number of aromatic nitrogens is 1. The van der Waals surface area contributed by atoms with Gasteiger partial charge < -0.3 is 10.6 Å². The van der Waals surface area contributed by atoms with Crippen molar-refractivity contribution in [2.45, 2.75) is 11.3 Å². The summed E-state index contributed by atoms with van der Waals surface area (Å²) in [4.78, 5) is 15.2. The first-order chi connectivity index (χ1) is 9.06. The number of pyridine rings is 1. The molecule has 122 valence electrons. The summed E-state index contributed by atoms with van der Waals surface area (Å²) in [5, 5.41) is 5.55. The fourth-order valence-corrected chi connectivity index (χ4v) is 2.30. The predicted octanol–water partition coefficient (Wildman–Crippen LogP) is -0.0708. The van der Waals surface area contributed by atoms with Gasteiger partial charge in [0.2, 0.25) is 15.9 Å². The first-order valence-corrected chi connectivity index (χ1v) is 7.35. The van der Waals surface area contributed by atoms with Crippen molar-refractivity contribution in [1.29, 1.82) is 0 Å². The van der Waals surface area contributed by atoms with Gasteiger partial charge in [0.1, 0.15) is 4.90 Å². The highest BCUT2D eigenvalue weighted by Crippen LogP contribution is 2.04. The summed E-state index contributed by atoms with van der Waals surface area (Å²) in [7, 11) is -1.80. The number of hydrogen-bond donors (Lipinski definition) is 3. The summed E-state index contributed by atoms with van der Waals surface area (Å²) >= 11 is 0. The van der Waals surface area contributed by atoms with Gasteiger partial charge in [-0.15, -0.1) is 24.8 Å². The molecule has 7 nitrogen and oxygen atoms in total. The van der Waals surface area contributed by atoms with Crippen LogP contribution in [0.1, 0.15) is 6.42 Å². The maximum Gasteiger partial charge on any atom is 0.242 e. The third-order valence-corrected chi connectivity index (χ3v) is 3.73. The molecule has 0 spiro atoms. The quantitative estimate of drug-likeness (QED) is 0.564. The van der Waals surface area contributed by atoms with Gasteiger partial charge in [0.05, 0.1) is 0 Å². The second-order valence-electron chi connectivity index (χ2n) is 3.79. The van der Waals surface area contributed by atoms with Crippen LogP contribution in [0.4, 0.5) is 0 Å². The van der Waals surface area contributed by atoms with Crippen LogP contribution < -0.4 is 15.4 Å². The number of halogens is 2. The standard InChI is InChI=1S/C11H18N4O3S.2ClH/c1-12-7-8-14-11(16)4-6-15-19(17,18)10-3-2-5-13-9-10;;/h2-3,5,9,12,15H,4,6-8H2,1H3,(H,14,16);2*1H. The van der Waals surface area contributed by atoms with Crippen LogP contribution in [0.3, 0.4) is 0 Å². The summed E-state index contributed by atoms with van der Waals surface area (Å²) in [5.41, 5.74) is 0. The minimum atomic E-state index is -3.59. The van der Waals surface area contributed by atoms with Crippen LogP contribution in [-0.2, 0) is 14.8 Å². The summed E-state index contributed by atoms with van der Waals surface area (Å²) in [6.07, 6.45) is 2.85. The molecular formula is C11H20Cl2N4O3S. The molecule has 0 radical (unpaired) electrons. The third-order valence-electron chi connectivity index (χ3n) is 2.29. The number of sulfonamides is 1. The lowest BCUT2D eigenvalue weighted by Gasteiger charge is -2.07. The average molecular weight is 359 g/mol. The summed E-state index contributed by atoms with van der Waals surface area (Å²) < 4.78 is 25.9. The van der Waals surface area contributed by atoms with Crippen LogP contribution in [-0.4, -0.2) is 46.0 Å². The zero-order chi connectivity index (χ0) is 14.1. The minimum absolute atomic E-state index is 0. The summed E-state index contributed by atoms with van der Waals surface area (Å²) in [5.74, 6) is -0.191. The van der Waals surface area contributed by atoms with E-state index in [0.29, 0.717) is 13.1 Å². The van der Waals surface area contributed by atoms with Gasteiger partial charge in [-0.3, -0.25) is 9.78 Å². The van der Waals surface area contributed by atoms with E-state index in [-0.39, 0.29) is 48.6 Å². The molecule has 1 rings (SSSR count). The Hall–Kier alpha value is -0.930. The Morgan fingerprint density at radius 1 is 1.24 bits per heavy atom. The fraction of sp³-hybridized carbons (Fsp3) is 0.455. The van der Waals surface area contributed by atoms with E-state index in [1.54, 1.807) is 13.1 Å². The van der Waals surface area contributed by atoms with E-state index in [4.69, 9.17) is 0 Å². The second kappa shape index (κ2) is 11.7. The van der Waals surface area contributed by atoms with Crippen LogP contribution in [0.5, 0.6) is 0 Å². The minimum Gasteiger partial charge on any atom is -0.355 e. The molecule has 0 aliphatic heterocycles. The SMILES string of the molecule is CNCCNC(=O)CCNS(=O)(=O)c1cccnc1.Cl.Cl. The van der Waals surface area contributed by atoms with E-state index >= 15 is 0 Å². The smallest absolute Gasteiger partial charge is 0.242 e. The molecule has 0 saturated carbocycles. The Labute approximate surface area is 137 Å². The van der Waals surface area contributed by atoms with Crippen molar-refractivity contribution in [3.63, 3.8) is 0 Å². The number of amides is 1. The number of nitrogens with zero attached hydrogens (tertiary/aromatic N) is 1. The van der Waals surface area contributed by atoms with Crippen LogP contribution in [0, 0.1) is 0 Å². The number of carbonyl (C=O) groups is 1. The van der Waals surface area contributed by atoms with Gasteiger partial charge in [-0.1, -0.05) is 0 Å².